The highest BCUT2D eigenvalue weighted by Crippen LogP contribution is 2.54. The lowest BCUT2D eigenvalue weighted by molar-refractivity contribution is -0.127. The van der Waals surface area contributed by atoms with Gasteiger partial charge in [0, 0.05) is 11.8 Å². The Bertz CT molecular complexity index is 233. The summed E-state index contributed by atoms with van der Waals surface area (Å²) in [7, 11) is 0. The average molecular weight is 208 g/mol. The van der Waals surface area contributed by atoms with Crippen LogP contribution in [-0.2, 0) is 4.79 Å². The number of hydrogen-bond acceptors (Lipinski definition) is 1. The van der Waals surface area contributed by atoms with Gasteiger partial charge in [0.2, 0.25) is 0 Å². The predicted molar refractivity (Wildman–Crippen MR) is 62.8 cm³/mol. The summed E-state index contributed by atoms with van der Waals surface area (Å²) in [5.41, 5.74) is 0.177. The smallest absolute Gasteiger partial charge is 0.139 e. The molecule has 1 nitrogen and oxygen atoms in total. The molecule has 0 N–H and O–H groups in total. The summed E-state index contributed by atoms with van der Waals surface area (Å²) >= 11 is 0. The van der Waals surface area contributed by atoms with Crippen LogP contribution in [0.25, 0.3) is 0 Å². The molecule has 2 rings (SSSR count). The van der Waals surface area contributed by atoms with Crippen molar-refractivity contribution in [3.05, 3.63) is 0 Å². The fourth-order valence-corrected chi connectivity index (χ4v) is 3.58. The Balaban J connectivity index is 1.72. The number of fused-ring (bicyclic) bond motifs is 2. The van der Waals surface area contributed by atoms with Gasteiger partial charge >= 0.3 is 0 Å². The monoisotopic (exact) mass is 208 g/mol. The lowest BCUT2D eigenvalue weighted by Gasteiger charge is -2.24. The van der Waals surface area contributed by atoms with Crippen molar-refractivity contribution in [2.24, 2.45) is 11.3 Å². The van der Waals surface area contributed by atoms with Gasteiger partial charge in [-0.05, 0) is 31.6 Å². The summed E-state index contributed by atoms with van der Waals surface area (Å²) in [5.74, 6) is 1.38. The van der Waals surface area contributed by atoms with Gasteiger partial charge in [-0.1, -0.05) is 39.0 Å². The van der Waals surface area contributed by atoms with E-state index >= 15 is 0 Å². The van der Waals surface area contributed by atoms with Gasteiger partial charge in [0.15, 0.2) is 0 Å². The quantitative estimate of drug-likeness (QED) is 0.600. The van der Waals surface area contributed by atoms with Crippen LogP contribution >= 0.6 is 0 Å². The molecule has 15 heavy (non-hydrogen) atoms. The summed E-state index contributed by atoms with van der Waals surface area (Å²) < 4.78 is 0. The van der Waals surface area contributed by atoms with Gasteiger partial charge < -0.3 is 0 Å². The third-order valence-corrected chi connectivity index (χ3v) is 4.54. The zero-order chi connectivity index (χ0) is 10.7. The largest absolute Gasteiger partial charge is 0.299 e. The Morgan fingerprint density at radius 3 is 2.67 bits per heavy atom. The fraction of sp³-hybridized carbons (Fsp3) is 0.929. The van der Waals surface area contributed by atoms with Crippen molar-refractivity contribution in [1.82, 2.24) is 0 Å². The molecule has 0 aromatic heterocycles. The molecule has 2 bridgehead atoms. The first-order valence-electron chi connectivity index (χ1n) is 6.80. The Morgan fingerprint density at radius 1 is 1.27 bits per heavy atom. The van der Waals surface area contributed by atoms with Crippen LogP contribution in [0.15, 0.2) is 0 Å². The summed E-state index contributed by atoms with van der Waals surface area (Å²) in [5, 5.41) is 0. The van der Waals surface area contributed by atoms with E-state index in [-0.39, 0.29) is 5.41 Å². The SMILES string of the molecule is CCCCCCCC12CCC(CC1=O)C2. The van der Waals surface area contributed by atoms with Crippen LogP contribution in [-0.4, -0.2) is 5.78 Å². The number of unbranched alkanes of at least 4 members (excludes halogenated alkanes) is 4. The lowest BCUT2D eigenvalue weighted by atomic mass is 9.78. The van der Waals surface area contributed by atoms with Crippen molar-refractivity contribution in [3.63, 3.8) is 0 Å². The van der Waals surface area contributed by atoms with E-state index in [0.29, 0.717) is 5.78 Å². The first-order chi connectivity index (χ1) is 7.27. The molecule has 2 aliphatic rings. The van der Waals surface area contributed by atoms with Crippen molar-refractivity contribution in [1.29, 1.82) is 0 Å². The Kier molecular flexibility index (Phi) is 3.48. The number of rotatable bonds is 6. The van der Waals surface area contributed by atoms with Crippen LogP contribution in [0.1, 0.15) is 71.1 Å². The number of Topliss-reactive ketones (excluding diaryl/α,β-unsaturated/α-hetero) is 1. The number of ketones is 1. The molecule has 0 heterocycles. The van der Waals surface area contributed by atoms with E-state index in [4.69, 9.17) is 0 Å². The van der Waals surface area contributed by atoms with Crippen molar-refractivity contribution < 1.29 is 4.79 Å². The van der Waals surface area contributed by atoms with E-state index in [9.17, 15) is 4.79 Å². The molecule has 2 atom stereocenters. The molecule has 0 saturated heterocycles. The molecule has 0 amide bonds. The van der Waals surface area contributed by atoms with E-state index in [2.05, 4.69) is 6.92 Å². The van der Waals surface area contributed by atoms with Crippen LogP contribution < -0.4 is 0 Å². The van der Waals surface area contributed by atoms with Crippen LogP contribution in [0.3, 0.4) is 0 Å². The molecule has 0 aromatic carbocycles. The summed E-state index contributed by atoms with van der Waals surface area (Å²) in [6.07, 6.45) is 12.6. The number of carbonyl (C=O) groups excluding carboxylic acids is 1. The van der Waals surface area contributed by atoms with Crippen LogP contribution in [0.4, 0.5) is 0 Å². The molecule has 0 aliphatic heterocycles. The summed E-state index contributed by atoms with van der Waals surface area (Å²) in [6, 6.07) is 0. The normalized spacial score (nSPS) is 33.9. The average Bonchev–Trinajstić information content (AvgIpc) is 2.75. The highest BCUT2D eigenvalue weighted by Gasteiger charge is 2.50. The van der Waals surface area contributed by atoms with Crippen molar-refractivity contribution >= 4 is 5.78 Å². The maximum absolute atomic E-state index is 11.9. The van der Waals surface area contributed by atoms with Crippen LogP contribution in [0.2, 0.25) is 0 Å². The van der Waals surface area contributed by atoms with E-state index in [0.717, 1.165) is 12.3 Å². The minimum Gasteiger partial charge on any atom is -0.299 e. The molecule has 2 aliphatic carbocycles. The Hall–Kier alpha value is -0.330. The Morgan fingerprint density at radius 2 is 2.07 bits per heavy atom. The standard InChI is InChI=1S/C14H24O/c1-2-3-4-5-6-8-14-9-7-12(11-14)10-13(14)15/h12H,2-11H2,1H3. The van der Waals surface area contributed by atoms with E-state index in [1.54, 1.807) is 0 Å². The molecule has 1 heteroatoms. The van der Waals surface area contributed by atoms with Gasteiger partial charge in [-0.2, -0.15) is 0 Å². The van der Waals surface area contributed by atoms with Gasteiger partial charge in [-0.25, -0.2) is 0 Å². The molecule has 2 unspecified atom stereocenters. The second-order valence-electron chi connectivity index (χ2n) is 5.68. The van der Waals surface area contributed by atoms with Gasteiger partial charge in [0.05, 0.1) is 0 Å². The highest BCUT2D eigenvalue weighted by atomic mass is 16.1. The molecule has 2 fully saturated rings. The molecule has 0 radical (unpaired) electrons. The van der Waals surface area contributed by atoms with E-state index < -0.39 is 0 Å². The molecule has 86 valence electrons. The second kappa shape index (κ2) is 4.67. The molecular weight excluding hydrogens is 184 g/mol. The minimum atomic E-state index is 0.177. The zero-order valence-corrected chi connectivity index (χ0v) is 10.1. The Labute approximate surface area is 93.6 Å². The van der Waals surface area contributed by atoms with Gasteiger partial charge in [0.25, 0.3) is 0 Å². The predicted octanol–water partition coefficient (Wildman–Crippen LogP) is 4.11. The topological polar surface area (TPSA) is 17.1 Å². The maximum Gasteiger partial charge on any atom is 0.139 e. The van der Waals surface area contributed by atoms with Gasteiger partial charge in [-0.15, -0.1) is 0 Å². The first kappa shape index (κ1) is 11.2. The van der Waals surface area contributed by atoms with E-state index in [1.165, 1.54) is 57.8 Å². The summed E-state index contributed by atoms with van der Waals surface area (Å²) in [6.45, 7) is 2.25. The van der Waals surface area contributed by atoms with Gasteiger partial charge in [-0.3, -0.25) is 4.79 Å². The second-order valence-corrected chi connectivity index (χ2v) is 5.68. The first-order valence-corrected chi connectivity index (χ1v) is 6.80. The molecular formula is C14H24O. The third-order valence-electron chi connectivity index (χ3n) is 4.54. The van der Waals surface area contributed by atoms with Crippen molar-refractivity contribution in [2.75, 3.05) is 0 Å². The molecule has 0 aromatic rings. The number of hydrogen-bond donors (Lipinski definition) is 0. The van der Waals surface area contributed by atoms with Crippen molar-refractivity contribution in [2.45, 2.75) is 71.1 Å². The molecule has 0 spiro atoms. The van der Waals surface area contributed by atoms with Gasteiger partial charge in [0.1, 0.15) is 5.78 Å². The maximum atomic E-state index is 11.9. The van der Waals surface area contributed by atoms with Crippen LogP contribution in [0, 0.1) is 11.3 Å². The zero-order valence-electron chi connectivity index (χ0n) is 10.1. The van der Waals surface area contributed by atoms with Crippen molar-refractivity contribution in [3.8, 4) is 0 Å². The number of carbonyl (C=O) groups is 1. The van der Waals surface area contributed by atoms with E-state index in [1.807, 2.05) is 0 Å². The van der Waals surface area contributed by atoms with Crippen LogP contribution in [0.5, 0.6) is 0 Å². The molecule has 2 saturated carbocycles. The third kappa shape index (κ3) is 2.26. The lowest BCUT2D eigenvalue weighted by Crippen LogP contribution is -2.24. The fourth-order valence-electron chi connectivity index (χ4n) is 3.58. The summed E-state index contributed by atoms with van der Waals surface area (Å²) in [4.78, 5) is 11.9. The minimum absolute atomic E-state index is 0.177. The highest BCUT2D eigenvalue weighted by molar-refractivity contribution is 5.88.